The van der Waals surface area contributed by atoms with Crippen LogP contribution in [0.25, 0.3) is 0 Å². The second kappa shape index (κ2) is 6.93. The summed E-state index contributed by atoms with van der Waals surface area (Å²) in [5.41, 5.74) is 0.308. The largest absolute Gasteiger partial charge is 0.310 e. The lowest BCUT2D eigenvalue weighted by molar-refractivity contribution is 0.212. The summed E-state index contributed by atoms with van der Waals surface area (Å²) in [5, 5.41) is 3.67. The molecule has 0 amide bonds. The van der Waals surface area contributed by atoms with Gasteiger partial charge >= 0.3 is 0 Å². The Morgan fingerprint density at radius 1 is 1.44 bits per heavy atom. The van der Waals surface area contributed by atoms with E-state index >= 15 is 0 Å². The maximum Gasteiger partial charge on any atom is 0.0277 e. The zero-order valence-electron chi connectivity index (χ0n) is 10.9. The first kappa shape index (κ1) is 13.5. The summed E-state index contributed by atoms with van der Waals surface area (Å²) in [6, 6.07) is 0. The van der Waals surface area contributed by atoms with Gasteiger partial charge in [-0.2, -0.15) is 0 Å². The lowest BCUT2D eigenvalue weighted by atomic mass is 9.98. The van der Waals surface area contributed by atoms with E-state index in [9.17, 15) is 0 Å². The highest BCUT2D eigenvalue weighted by Gasteiger charge is 2.26. The highest BCUT2D eigenvalue weighted by molar-refractivity contribution is 4.88. The predicted molar refractivity (Wildman–Crippen MR) is 70.4 cm³/mol. The average molecular weight is 222 g/mol. The molecule has 1 saturated heterocycles. The molecule has 1 aliphatic rings. The molecule has 0 aromatic heterocycles. The van der Waals surface area contributed by atoms with E-state index in [2.05, 4.69) is 30.0 Å². The SMILES string of the molecule is C#CCCCCN1CCCNC(C)(CC)C1. The van der Waals surface area contributed by atoms with Crippen LogP contribution < -0.4 is 5.32 Å². The van der Waals surface area contributed by atoms with E-state index in [0.29, 0.717) is 5.54 Å². The third-order valence-corrected chi connectivity index (χ3v) is 3.60. The molecular weight excluding hydrogens is 196 g/mol. The van der Waals surface area contributed by atoms with Gasteiger partial charge in [-0.25, -0.2) is 0 Å². The lowest BCUT2D eigenvalue weighted by Crippen LogP contribution is -2.48. The van der Waals surface area contributed by atoms with E-state index < -0.39 is 0 Å². The lowest BCUT2D eigenvalue weighted by Gasteiger charge is -2.32. The van der Waals surface area contributed by atoms with Crippen molar-refractivity contribution in [1.29, 1.82) is 0 Å². The summed E-state index contributed by atoms with van der Waals surface area (Å²) in [4.78, 5) is 2.60. The van der Waals surface area contributed by atoms with Crippen LogP contribution in [0.2, 0.25) is 0 Å². The van der Waals surface area contributed by atoms with Crippen LogP contribution in [-0.4, -0.2) is 36.6 Å². The zero-order valence-corrected chi connectivity index (χ0v) is 10.9. The molecule has 1 N–H and O–H groups in total. The zero-order chi connectivity index (χ0) is 11.9. The first-order valence-electron chi connectivity index (χ1n) is 6.61. The maximum absolute atomic E-state index is 5.26. The van der Waals surface area contributed by atoms with Crippen LogP contribution in [0.4, 0.5) is 0 Å². The fourth-order valence-electron chi connectivity index (χ4n) is 2.31. The molecule has 2 nitrogen and oxygen atoms in total. The quantitative estimate of drug-likeness (QED) is 0.567. The van der Waals surface area contributed by atoms with E-state index in [0.717, 1.165) is 13.0 Å². The normalized spacial score (nSPS) is 27.3. The Bertz CT molecular complexity index is 231. The van der Waals surface area contributed by atoms with E-state index in [-0.39, 0.29) is 0 Å². The van der Waals surface area contributed by atoms with Crippen molar-refractivity contribution in [3.63, 3.8) is 0 Å². The number of nitrogens with one attached hydrogen (secondary N) is 1. The molecule has 1 rings (SSSR count). The summed E-state index contributed by atoms with van der Waals surface area (Å²) in [5.74, 6) is 2.71. The van der Waals surface area contributed by atoms with Crippen LogP contribution >= 0.6 is 0 Å². The molecule has 1 atom stereocenters. The number of rotatable bonds is 5. The number of hydrogen-bond acceptors (Lipinski definition) is 2. The van der Waals surface area contributed by atoms with Crippen molar-refractivity contribution in [1.82, 2.24) is 10.2 Å². The molecule has 0 radical (unpaired) electrons. The van der Waals surface area contributed by atoms with Crippen molar-refractivity contribution < 1.29 is 0 Å². The molecule has 0 aromatic rings. The fourth-order valence-corrected chi connectivity index (χ4v) is 2.31. The van der Waals surface area contributed by atoms with Crippen LogP contribution in [0.5, 0.6) is 0 Å². The molecular formula is C14H26N2. The first-order chi connectivity index (χ1) is 7.70. The minimum absolute atomic E-state index is 0.308. The molecule has 1 aliphatic heterocycles. The molecule has 1 unspecified atom stereocenters. The summed E-state index contributed by atoms with van der Waals surface area (Å²) in [6.45, 7) is 9.39. The number of hydrogen-bond donors (Lipinski definition) is 1. The first-order valence-corrected chi connectivity index (χ1v) is 6.61. The summed E-state index contributed by atoms with van der Waals surface area (Å²) >= 11 is 0. The highest BCUT2D eigenvalue weighted by atomic mass is 15.2. The van der Waals surface area contributed by atoms with Crippen LogP contribution in [0.1, 0.15) is 46.0 Å². The van der Waals surface area contributed by atoms with E-state index in [1.807, 2.05) is 0 Å². The molecule has 92 valence electrons. The van der Waals surface area contributed by atoms with Crippen molar-refractivity contribution in [2.24, 2.45) is 0 Å². The minimum atomic E-state index is 0.308. The van der Waals surface area contributed by atoms with Gasteiger partial charge in [0.15, 0.2) is 0 Å². The number of terminal acetylenes is 1. The summed E-state index contributed by atoms with van der Waals surface area (Å²) in [7, 11) is 0. The topological polar surface area (TPSA) is 15.3 Å². The van der Waals surface area contributed by atoms with Crippen LogP contribution in [0.3, 0.4) is 0 Å². The molecule has 1 heterocycles. The standard InChI is InChI=1S/C14H26N2/c1-4-6-7-8-11-16-12-9-10-15-14(3,5-2)13-16/h1,15H,5-13H2,2-3H3. The molecule has 1 fully saturated rings. The molecule has 0 aliphatic carbocycles. The monoisotopic (exact) mass is 222 g/mol. The second-order valence-corrected chi connectivity index (χ2v) is 5.13. The molecule has 0 spiro atoms. The van der Waals surface area contributed by atoms with Crippen molar-refractivity contribution in [2.75, 3.05) is 26.2 Å². The minimum Gasteiger partial charge on any atom is -0.310 e. The van der Waals surface area contributed by atoms with Gasteiger partial charge in [0.1, 0.15) is 0 Å². The van der Waals surface area contributed by atoms with Crippen molar-refractivity contribution in [3.8, 4) is 12.3 Å². The van der Waals surface area contributed by atoms with Gasteiger partial charge in [-0.3, -0.25) is 0 Å². The molecule has 0 aromatic carbocycles. The Labute approximate surface area is 101 Å². The van der Waals surface area contributed by atoms with Gasteiger partial charge in [0.2, 0.25) is 0 Å². The molecule has 0 bridgehead atoms. The highest BCUT2D eigenvalue weighted by Crippen LogP contribution is 2.15. The van der Waals surface area contributed by atoms with Crippen molar-refractivity contribution in [3.05, 3.63) is 0 Å². The smallest absolute Gasteiger partial charge is 0.0277 e. The van der Waals surface area contributed by atoms with Crippen molar-refractivity contribution >= 4 is 0 Å². The fraction of sp³-hybridized carbons (Fsp3) is 0.857. The van der Waals surface area contributed by atoms with Gasteiger partial charge in [0, 0.05) is 18.5 Å². The molecule has 0 saturated carbocycles. The Balaban J connectivity index is 2.32. The second-order valence-electron chi connectivity index (χ2n) is 5.13. The van der Waals surface area contributed by atoms with Gasteiger partial charge in [0.25, 0.3) is 0 Å². The Morgan fingerprint density at radius 3 is 2.94 bits per heavy atom. The van der Waals surface area contributed by atoms with Crippen molar-refractivity contribution in [2.45, 2.75) is 51.5 Å². The predicted octanol–water partition coefficient (Wildman–Crippen LogP) is 2.25. The van der Waals surface area contributed by atoms with Gasteiger partial charge in [0.05, 0.1) is 0 Å². The summed E-state index contributed by atoms with van der Waals surface area (Å²) < 4.78 is 0. The average Bonchev–Trinajstić information content (AvgIpc) is 2.47. The van der Waals surface area contributed by atoms with Crippen LogP contribution in [0, 0.1) is 12.3 Å². The molecule has 16 heavy (non-hydrogen) atoms. The third kappa shape index (κ3) is 4.55. The molecule has 2 heteroatoms. The van der Waals surface area contributed by atoms with Crippen LogP contribution in [0.15, 0.2) is 0 Å². The number of nitrogens with zero attached hydrogens (tertiary/aromatic N) is 1. The van der Waals surface area contributed by atoms with Gasteiger partial charge in [-0.15, -0.1) is 12.3 Å². The third-order valence-electron chi connectivity index (χ3n) is 3.60. The van der Waals surface area contributed by atoms with E-state index in [1.54, 1.807) is 0 Å². The van der Waals surface area contributed by atoms with Crippen LogP contribution in [-0.2, 0) is 0 Å². The van der Waals surface area contributed by atoms with E-state index in [4.69, 9.17) is 6.42 Å². The maximum atomic E-state index is 5.26. The van der Waals surface area contributed by atoms with Gasteiger partial charge in [-0.05, 0) is 52.2 Å². The Hall–Kier alpha value is -0.520. The van der Waals surface area contributed by atoms with E-state index in [1.165, 1.54) is 45.3 Å². The van der Waals surface area contributed by atoms with Gasteiger partial charge < -0.3 is 10.2 Å². The van der Waals surface area contributed by atoms with Gasteiger partial charge in [-0.1, -0.05) is 6.92 Å². The Morgan fingerprint density at radius 2 is 2.25 bits per heavy atom. The number of unbranched alkanes of at least 4 members (excludes halogenated alkanes) is 2. The Kier molecular flexibility index (Phi) is 5.87. The summed E-state index contributed by atoms with van der Waals surface area (Å²) in [6.07, 6.45) is 11.1.